The molecule has 3 aromatic carbocycles. The zero-order chi connectivity index (χ0) is 22.4. The molecule has 0 fully saturated rings. The van der Waals surface area contributed by atoms with Crippen molar-refractivity contribution in [3.05, 3.63) is 97.8 Å². The standard InChI is InChI=1S/C23H16BrFN2O4/c1-30-22-11-16(10-17(13-26)19-4-2-3-5-21(19)25)20(24)12-23(22)31-14-15-6-8-18(9-7-15)27(28)29/h2-12H,14H2,1H3. The van der Waals surface area contributed by atoms with E-state index < -0.39 is 10.7 Å². The van der Waals surface area contributed by atoms with Gasteiger partial charge in [0.15, 0.2) is 11.5 Å². The number of hydrogen-bond donors (Lipinski definition) is 0. The SMILES string of the molecule is COc1cc(C=C(C#N)c2ccccc2F)c(Br)cc1OCc1ccc([N+](=O)[O-])cc1. The summed E-state index contributed by atoms with van der Waals surface area (Å²) in [7, 11) is 1.48. The summed E-state index contributed by atoms with van der Waals surface area (Å²) < 4.78 is 25.9. The Bertz CT molecular complexity index is 1190. The van der Waals surface area contributed by atoms with Crippen LogP contribution in [0.1, 0.15) is 16.7 Å². The van der Waals surface area contributed by atoms with Crippen LogP contribution in [0.4, 0.5) is 10.1 Å². The molecule has 0 aliphatic heterocycles. The van der Waals surface area contributed by atoms with Crippen LogP contribution in [0.5, 0.6) is 11.5 Å². The van der Waals surface area contributed by atoms with Gasteiger partial charge in [-0.15, -0.1) is 0 Å². The van der Waals surface area contributed by atoms with Crippen LogP contribution in [0.15, 0.2) is 65.1 Å². The van der Waals surface area contributed by atoms with Gasteiger partial charge >= 0.3 is 0 Å². The fourth-order valence-electron chi connectivity index (χ4n) is 2.81. The average molecular weight is 483 g/mol. The Kier molecular flexibility index (Phi) is 7.00. The van der Waals surface area contributed by atoms with Crippen molar-refractivity contribution >= 4 is 33.3 Å². The summed E-state index contributed by atoms with van der Waals surface area (Å²) in [5.74, 6) is 0.373. The van der Waals surface area contributed by atoms with Gasteiger partial charge in [0.05, 0.1) is 23.7 Å². The molecule has 0 saturated carbocycles. The van der Waals surface area contributed by atoms with E-state index in [1.54, 1.807) is 42.5 Å². The number of non-ortho nitro benzene ring substituents is 1. The van der Waals surface area contributed by atoms with Gasteiger partial charge in [0.2, 0.25) is 0 Å². The molecule has 0 N–H and O–H groups in total. The van der Waals surface area contributed by atoms with Gasteiger partial charge in [0.25, 0.3) is 5.69 Å². The fraction of sp³-hybridized carbons (Fsp3) is 0.0870. The van der Waals surface area contributed by atoms with Crippen LogP contribution in [-0.4, -0.2) is 12.0 Å². The van der Waals surface area contributed by atoms with Gasteiger partial charge in [-0.2, -0.15) is 5.26 Å². The van der Waals surface area contributed by atoms with Crippen LogP contribution in [0, 0.1) is 27.3 Å². The van der Waals surface area contributed by atoms with Crippen LogP contribution in [0.2, 0.25) is 0 Å². The number of rotatable bonds is 7. The highest BCUT2D eigenvalue weighted by molar-refractivity contribution is 9.10. The zero-order valence-electron chi connectivity index (χ0n) is 16.3. The van der Waals surface area contributed by atoms with E-state index in [4.69, 9.17) is 9.47 Å². The molecule has 0 bridgehead atoms. The third-order valence-electron chi connectivity index (χ3n) is 4.41. The molecule has 3 rings (SSSR count). The molecule has 3 aromatic rings. The van der Waals surface area contributed by atoms with Crippen molar-refractivity contribution in [2.75, 3.05) is 7.11 Å². The predicted molar refractivity (Wildman–Crippen MR) is 118 cm³/mol. The molecule has 0 aromatic heterocycles. The molecule has 8 heteroatoms. The van der Waals surface area contributed by atoms with Crippen molar-refractivity contribution in [2.45, 2.75) is 6.61 Å². The fourth-order valence-corrected chi connectivity index (χ4v) is 3.25. The summed E-state index contributed by atoms with van der Waals surface area (Å²) in [6.07, 6.45) is 1.56. The lowest BCUT2D eigenvalue weighted by Crippen LogP contribution is -1.99. The van der Waals surface area contributed by atoms with Gasteiger partial charge in [0.1, 0.15) is 12.4 Å². The van der Waals surface area contributed by atoms with E-state index in [2.05, 4.69) is 15.9 Å². The third kappa shape index (κ3) is 5.27. The first-order chi connectivity index (χ1) is 14.9. The highest BCUT2D eigenvalue weighted by Crippen LogP contribution is 2.36. The molecule has 0 radical (unpaired) electrons. The Morgan fingerprint density at radius 3 is 2.52 bits per heavy atom. The van der Waals surface area contributed by atoms with Crippen molar-refractivity contribution in [1.29, 1.82) is 5.26 Å². The normalized spacial score (nSPS) is 11.0. The van der Waals surface area contributed by atoms with E-state index in [0.29, 0.717) is 21.5 Å². The second-order valence-electron chi connectivity index (χ2n) is 6.39. The Labute approximate surface area is 186 Å². The van der Waals surface area contributed by atoms with Crippen molar-refractivity contribution < 1.29 is 18.8 Å². The maximum absolute atomic E-state index is 14.1. The van der Waals surface area contributed by atoms with Gasteiger partial charge in [-0.05, 0) is 47.5 Å². The van der Waals surface area contributed by atoms with Crippen LogP contribution < -0.4 is 9.47 Å². The molecule has 0 atom stereocenters. The first-order valence-electron chi connectivity index (χ1n) is 9.03. The minimum atomic E-state index is -0.485. The molecule has 6 nitrogen and oxygen atoms in total. The number of allylic oxidation sites excluding steroid dienone is 1. The second-order valence-corrected chi connectivity index (χ2v) is 7.24. The molecular weight excluding hydrogens is 467 g/mol. The summed E-state index contributed by atoms with van der Waals surface area (Å²) in [5.41, 5.74) is 1.73. The molecule has 31 heavy (non-hydrogen) atoms. The lowest BCUT2D eigenvalue weighted by molar-refractivity contribution is -0.384. The van der Waals surface area contributed by atoms with Crippen LogP contribution in [-0.2, 0) is 6.61 Å². The summed E-state index contributed by atoms with van der Waals surface area (Å²) in [4.78, 5) is 10.3. The Morgan fingerprint density at radius 1 is 1.19 bits per heavy atom. The molecular formula is C23H16BrFN2O4. The van der Waals surface area contributed by atoms with E-state index in [9.17, 15) is 19.8 Å². The maximum Gasteiger partial charge on any atom is 0.269 e. The third-order valence-corrected chi connectivity index (χ3v) is 5.10. The van der Waals surface area contributed by atoms with Crippen molar-refractivity contribution in [3.8, 4) is 17.6 Å². The maximum atomic E-state index is 14.1. The minimum Gasteiger partial charge on any atom is -0.493 e. The smallest absolute Gasteiger partial charge is 0.269 e. The topological polar surface area (TPSA) is 85.4 Å². The lowest BCUT2D eigenvalue weighted by Gasteiger charge is -2.13. The number of nitro benzene ring substituents is 1. The largest absolute Gasteiger partial charge is 0.493 e. The number of hydrogen-bond acceptors (Lipinski definition) is 5. The first kappa shape index (κ1) is 22.0. The Morgan fingerprint density at radius 2 is 1.90 bits per heavy atom. The summed E-state index contributed by atoms with van der Waals surface area (Å²) in [5, 5.41) is 20.3. The number of ether oxygens (including phenoxy) is 2. The van der Waals surface area contributed by atoms with E-state index in [0.717, 1.165) is 5.56 Å². The monoisotopic (exact) mass is 482 g/mol. The Hall–Kier alpha value is -3.70. The van der Waals surface area contributed by atoms with Gasteiger partial charge < -0.3 is 9.47 Å². The zero-order valence-corrected chi connectivity index (χ0v) is 17.9. The number of nitrogens with zero attached hydrogens (tertiary/aromatic N) is 2. The first-order valence-corrected chi connectivity index (χ1v) is 9.82. The van der Waals surface area contributed by atoms with E-state index in [1.807, 2.05) is 6.07 Å². The molecule has 0 aliphatic carbocycles. The van der Waals surface area contributed by atoms with E-state index >= 15 is 0 Å². The number of halogens is 2. The number of nitro groups is 1. The summed E-state index contributed by atoms with van der Waals surface area (Å²) in [6.45, 7) is 0.175. The average Bonchev–Trinajstić information content (AvgIpc) is 2.78. The molecule has 156 valence electrons. The number of methoxy groups -OCH3 is 1. The van der Waals surface area contributed by atoms with E-state index in [-0.39, 0.29) is 23.4 Å². The second kappa shape index (κ2) is 9.87. The van der Waals surface area contributed by atoms with Gasteiger partial charge in [0, 0.05) is 22.2 Å². The molecule has 0 amide bonds. The van der Waals surface area contributed by atoms with Crippen molar-refractivity contribution in [3.63, 3.8) is 0 Å². The van der Waals surface area contributed by atoms with Crippen LogP contribution in [0.3, 0.4) is 0 Å². The highest BCUT2D eigenvalue weighted by Gasteiger charge is 2.13. The quantitative estimate of drug-likeness (QED) is 0.174. The molecule has 0 unspecified atom stereocenters. The predicted octanol–water partition coefficient (Wildman–Crippen LogP) is 6.15. The van der Waals surface area contributed by atoms with Crippen LogP contribution in [0.25, 0.3) is 11.6 Å². The molecule has 0 spiro atoms. The van der Waals surface area contributed by atoms with Crippen molar-refractivity contribution in [1.82, 2.24) is 0 Å². The summed E-state index contributed by atoms with van der Waals surface area (Å²) >= 11 is 3.45. The van der Waals surface area contributed by atoms with Crippen LogP contribution >= 0.6 is 15.9 Å². The lowest BCUT2D eigenvalue weighted by atomic mass is 10.0. The number of nitriles is 1. The van der Waals surface area contributed by atoms with E-state index in [1.165, 1.54) is 31.4 Å². The van der Waals surface area contributed by atoms with Crippen molar-refractivity contribution in [2.24, 2.45) is 0 Å². The van der Waals surface area contributed by atoms with Gasteiger partial charge in [-0.25, -0.2) is 4.39 Å². The van der Waals surface area contributed by atoms with Gasteiger partial charge in [-0.3, -0.25) is 10.1 Å². The Balaban J connectivity index is 1.87. The minimum absolute atomic E-state index is 0.00312. The molecule has 0 heterocycles. The highest BCUT2D eigenvalue weighted by atomic mass is 79.9. The molecule has 0 aliphatic rings. The van der Waals surface area contributed by atoms with Gasteiger partial charge in [-0.1, -0.05) is 34.1 Å². The summed E-state index contributed by atoms with van der Waals surface area (Å²) in [6, 6.07) is 17.5. The number of benzene rings is 3. The molecule has 0 saturated heterocycles.